The molecule has 0 saturated carbocycles. The Bertz CT molecular complexity index is 1230. The van der Waals surface area contributed by atoms with Gasteiger partial charge in [-0.25, -0.2) is 14.2 Å². The van der Waals surface area contributed by atoms with Crippen LogP contribution in [0.3, 0.4) is 0 Å². The summed E-state index contributed by atoms with van der Waals surface area (Å²) in [4.78, 5) is 20.6. The maximum absolute atomic E-state index is 14.2. The first kappa shape index (κ1) is 21.0. The second-order valence-electron chi connectivity index (χ2n) is 7.86. The Morgan fingerprint density at radius 2 is 2.03 bits per heavy atom. The first-order valence-electron chi connectivity index (χ1n) is 9.63. The quantitative estimate of drug-likeness (QED) is 0.411. The molecule has 3 aromatic heterocycles. The van der Waals surface area contributed by atoms with Crippen molar-refractivity contribution in [2.75, 3.05) is 10.6 Å². The summed E-state index contributed by atoms with van der Waals surface area (Å²) in [5.74, 6) is -0.265. The summed E-state index contributed by atoms with van der Waals surface area (Å²) >= 11 is 0. The number of urea groups is 1. The molecule has 3 N–H and O–H groups in total. The van der Waals surface area contributed by atoms with Crippen molar-refractivity contribution < 1.29 is 18.4 Å². The van der Waals surface area contributed by atoms with Gasteiger partial charge in [0.15, 0.2) is 0 Å². The van der Waals surface area contributed by atoms with Gasteiger partial charge in [0, 0.05) is 35.5 Å². The molecule has 11 heteroatoms. The highest BCUT2D eigenvalue weighted by Crippen LogP contribution is 2.27. The number of carbonyl (C=O) groups excluding carboxylic acids is 1. The molecule has 32 heavy (non-hydrogen) atoms. The molecule has 4 aromatic rings. The number of hydrogen-bond acceptors (Lipinski definition) is 7. The van der Waals surface area contributed by atoms with Crippen LogP contribution in [-0.4, -0.2) is 31.4 Å². The molecule has 0 aliphatic carbocycles. The zero-order chi connectivity index (χ0) is 22.7. The predicted molar refractivity (Wildman–Crippen MR) is 114 cm³/mol. The van der Waals surface area contributed by atoms with Crippen LogP contribution in [0.4, 0.5) is 20.8 Å². The Kier molecular flexibility index (Phi) is 5.54. The largest absolute Gasteiger partial charge is 0.424 e. The highest BCUT2D eigenvalue weighted by atomic mass is 19.1. The lowest BCUT2D eigenvalue weighted by molar-refractivity contribution is 0.261. The van der Waals surface area contributed by atoms with Crippen LogP contribution in [-0.2, 0) is 5.41 Å². The van der Waals surface area contributed by atoms with E-state index in [0.717, 1.165) is 11.6 Å². The van der Waals surface area contributed by atoms with Gasteiger partial charge in [0.1, 0.15) is 11.6 Å². The van der Waals surface area contributed by atoms with Gasteiger partial charge < -0.3 is 14.6 Å². The molecule has 0 aliphatic heterocycles. The monoisotopic (exact) mass is 437 g/mol. The minimum atomic E-state index is -0.698. The number of ether oxygens (including phenoxy) is 1. The Hall–Kier alpha value is -4.28. The molecule has 0 aliphatic rings. The van der Waals surface area contributed by atoms with E-state index in [1.54, 1.807) is 24.5 Å². The number of rotatable bonds is 5. The summed E-state index contributed by atoms with van der Waals surface area (Å²) in [5.41, 5.74) is 1.70. The van der Waals surface area contributed by atoms with E-state index in [-0.39, 0.29) is 28.7 Å². The fourth-order valence-corrected chi connectivity index (χ4v) is 2.66. The van der Waals surface area contributed by atoms with Crippen LogP contribution in [0.25, 0.3) is 11.3 Å². The number of carbonyl (C=O) groups is 1. The van der Waals surface area contributed by atoms with Crippen molar-refractivity contribution in [2.45, 2.75) is 26.2 Å². The Balaban J connectivity index is 1.45. The predicted octanol–water partition coefficient (Wildman–Crippen LogP) is 4.73. The fourth-order valence-electron chi connectivity index (χ4n) is 2.66. The molecule has 0 radical (unpaired) electrons. The van der Waals surface area contributed by atoms with E-state index in [9.17, 15) is 9.18 Å². The van der Waals surface area contributed by atoms with Crippen molar-refractivity contribution >= 4 is 17.6 Å². The van der Waals surface area contributed by atoms with Crippen LogP contribution < -0.4 is 15.4 Å². The van der Waals surface area contributed by atoms with Crippen LogP contribution in [0.2, 0.25) is 0 Å². The summed E-state index contributed by atoms with van der Waals surface area (Å²) in [6.45, 7) is 5.89. The summed E-state index contributed by atoms with van der Waals surface area (Å²) in [7, 11) is 0. The van der Waals surface area contributed by atoms with Gasteiger partial charge in [0.05, 0.1) is 23.3 Å². The van der Waals surface area contributed by atoms with Gasteiger partial charge in [-0.1, -0.05) is 25.9 Å². The van der Waals surface area contributed by atoms with Crippen molar-refractivity contribution in [3.05, 3.63) is 60.4 Å². The number of halogens is 1. The zero-order valence-electron chi connectivity index (χ0n) is 17.5. The number of amides is 2. The lowest BCUT2D eigenvalue weighted by Crippen LogP contribution is -2.20. The van der Waals surface area contributed by atoms with Gasteiger partial charge in [-0.15, -0.1) is 0 Å². The lowest BCUT2D eigenvalue weighted by Gasteiger charge is -2.12. The summed E-state index contributed by atoms with van der Waals surface area (Å²) in [5, 5.41) is 15.4. The molecule has 2 amide bonds. The van der Waals surface area contributed by atoms with E-state index in [0.29, 0.717) is 11.4 Å². The molecule has 4 rings (SSSR count). The normalized spacial score (nSPS) is 11.2. The Morgan fingerprint density at radius 1 is 1.19 bits per heavy atom. The first-order valence-corrected chi connectivity index (χ1v) is 9.63. The third kappa shape index (κ3) is 4.89. The van der Waals surface area contributed by atoms with E-state index in [1.165, 1.54) is 18.3 Å². The fraction of sp³-hybridized carbons (Fsp3) is 0.190. The van der Waals surface area contributed by atoms with E-state index in [1.807, 2.05) is 20.8 Å². The number of nitrogens with one attached hydrogen (secondary N) is 3. The van der Waals surface area contributed by atoms with E-state index >= 15 is 0 Å². The molecule has 0 bridgehead atoms. The molecule has 0 saturated heterocycles. The van der Waals surface area contributed by atoms with Crippen LogP contribution in [0.1, 0.15) is 26.5 Å². The topological polar surface area (TPSA) is 131 Å². The van der Waals surface area contributed by atoms with Crippen molar-refractivity contribution in [2.24, 2.45) is 0 Å². The summed E-state index contributed by atoms with van der Waals surface area (Å²) < 4.78 is 25.0. The molecule has 164 valence electrons. The molecular formula is C21H20FN7O3. The average Bonchev–Trinajstić information content (AvgIpc) is 3.43. The number of H-pyrrole nitrogens is 1. The van der Waals surface area contributed by atoms with E-state index in [4.69, 9.17) is 9.26 Å². The van der Waals surface area contributed by atoms with Crippen LogP contribution in [0.15, 0.2) is 53.4 Å². The zero-order valence-corrected chi connectivity index (χ0v) is 17.5. The van der Waals surface area contributed by atoms with Crippen molar-refractivity contribution in [3.8, 4) is 23.0 Å². The molecule has 3 heterocycles. The molecule has 0 spiro atoms. The van der Waals surface area contributed by atoms with Crippen LogP contribution in [0, 0.1) is 5.82 Å². The van der Waals surface area contributed by atoms with Gasteiger partial charge in [-0.2, -0.15) is 10.1 Å². The number of hydrogen-bond donors (Lipinski definition) is 3. The van der Waals surface area contributed by atoms with Crippen molar-refractivity contribution in [1.82, 2.24) is 25.3 Å². The molecule has 1 aromatic carbocycles. The standard InChI is InChI=1S/C21H20FN7O3/c1-21(2,3)17-9-18(32-29-17)28-19(30)26-16-8-13(4-5-14(16)22)31-20-23-7-6-15(27-20)12-10-24-25-11-12/h4-11H,1-3H3,(H,24,25)(H2,26,28,30). The number of nitrogens with zero attached hydrogens (tertiary/aromatic N) is 4. The van der Waals surface area contributed by atoms with E-state index in [2.05, 4.69) is 36.0 Å². The summed E-state index contributed by atoms with van der Waals surface area (Å²) in [6, 6.07) is 6.56. The third-order valence-corrected chi connectivity index (χ3v) is 4.34. The van der Waals surface area contributed by atoms with Gasteiger partial charge in [0.2, 0.25) is 5.88 Å². The van der Waals surface area contributed by atoms with Crippen molar-refractivity contribution in [1.29, 1.82) is 0 Å². The van der Waals surface area contributed by atoms with Gasteiger partial charge >= 0.3 is 12.0 Å². The smallest absolute Gasteiger partial charge is 0.326 e. The minimum Gasteiger partial charge on any atom is -0.424 e. The summed E-state index contributed by atoms with van der Waals surface area (Å²) in [6.07, 6.45) is 4.83. The van der Waals surface area contributed by atoms with Gasteiger partial charge in [0.25, 0.3) is 0 Å². The average molecular weight is 437 g/mol. The van der Waals surface area contributed by atoms with Gasteiger partial charge in [-0.05, 0) is 18.2 Å². The number of aromatic nitrogens is 5. The SMILES string of the molecule is CC(C)(C)c1cc(NC(=O)Nc2cc(Oc3nccc(-c4cn[nH]c4)n3)ccc2F)on1. The number of benzene rings is 1. The second kappa shape index (κ2) is 8.46. The van der Waals surface area contributed by atoms with Crippen molar-refractivity contribution in [3.63, 3.8) is 0 Å². The highest BCUT2D eigenvalue weighted by molar-refractivity contribution is 5.99. The first-order chi connectivity index (χ1) is 15.3. The Morgan fingerprint density at radius 3 is 2.75 bits per heavy atom. The molecule has 0 unspecified atom stereocenters. The van der Waals surface area contributed by atoms with Crippen LogP contribution in [0.5, 0.6) is 11.8 Å². The second-order valence-corrected chi connectivity index (χ2v) is 7.86. The number of anilines is 2. The highest BCUT2D eigenvalue weighted by Gasteiger charge is 2.20. The maximum atomic E-state index is 14.2. The third-order valence-electron chi connectivity index (χ3n) is 4.34. The van der Waals surface area contributed by atoms with E-state index < -0.39 is 11.8 Å². The molecular weight excluding hydrogens is 417 g/mol. The lowest BCUT2D eigenvalue weighted by atomic mass is 9.92. The molecule has 10 nitrogen and oxygen atoms in total. The Labute approximate surface area is 182 Å². The maximum Gasteiger partial charge on any atom is 0.326 e. The minimum absolute atomic E-state index is 0.0575. The van der Waals surface area contributed by atoms with Gasteiger partial charge in [-0.3, -0.25) is 10.4 Å². The number of aromatic amines is 1. The molecule has 0 atom stereocenters. The van der Waals surface area contributed by atoms with Crippen LogP contribution >= 0.6 is 0 Å². The molecule has 0 fully saturated rings.